The maximum Gasteiger partial charge on any atom is 0.0419 e. The van der Waals surface area contributed by atoms with Crippen molar-refractivity contribution >= 4 is 15.9 Å². The molecule has 2 heterocycles. The topological polar surface area (TPSA) is 51.8 Å². The molecule has 0 saturated heterocycles. The Morgan fingerprint density at radius 1 is 1.24 bits per heavy atom. The fourth-order valence-corrected chi connectivity index (χ4v) is 2.14. The Hall–Kier alpha value is -1.26. The summed E-state index contributed by atoms with van der Waals surface area (Å²) in [7, 11) is 0. The smallest absolute Gasteiger partial charge is 0.0419 e. The van der Waals surface area contributed by atoms with Crippen molar-refractivity contribution in [3.8, 4) is 0 Å². The third kappa shape index (κ3) is 3.91. The van der Waals surface area contributed by atoms with Crippen molar-refractivity contribution < 1.29 is 0 Å². The van der Waals surface area contributed by atoms with Crippen molar-refractivity contribution in [1.82, 2.24) is 9.97 Å². The maximum atomic E-state index is 6.10. The van der Waals surface area contributed by atoms with Crippen LogP contribution in [0.5, 0.6) is 0 Å². The van der Waals surface area contributed by atoms with Gasteiger partial charge in [-0.15, -0.1) is 0 Å². The van der Waals surface area contributed by atoms with Gasteiger partial charge < -0.3 is 5.73 Å². The zero-order valence-corrected chi connectivity index (χ0v) is 11.0. The molecular weight excluding hydrogens is 278 g/mol. The van der Waals surface area contributed by atoms with Gasteiger partial charge in [-0.2, -0.15) is 0 Å². The minimum absolute atomic E-state index is 0.0704. The van der Waals surface area contributed by atoms with E-state index in [0.29, 0.717) is 0 Å². The summed E-state index contributed by atoms with van der Waals surface area (Å²) in [5, 5.41) is 0. The van der Waals surface area contributed by atoms with E-state index in [9.17, 15) is 0 Å². The van der Waals surface area contributed by atoms with Crippen LogP contribution in [0, 0.1) is 0 Å². The van der Waals surface area contributed by atoms with Crippen molar-refractivity contribution in [2.24, 2.45) is 5.73 Å². The number of pyridine rings is 2. The standard InChI is InChI=1S/C13H14BrN3/c14-11-5-10(8-16-9-11)6-12(15)7-13-3-1-2-4-17-13/h1-5,8-9,12H,6-7,15H2. The molecule has 88 valence electrons. The molecule has 0 amide bonds. The Morgan fingerprint density at radius 3 is 2.82 bits per heavy atom. The Balaban J connectivity index is 1.96. The first-order valence-electron chi connectivity index (χ1n) is 5.49. The number of nitrogens with zero attached hydrogens (tertiary/aromatic N) is 2. The van der Waals surface area contributed by atoms with Crippen LogP contribution in [0.2, 0.25) is 0 Å². The van der Waals surface area contributed by atoms with Crippen LogP contribution in [0.1, 0.15) is 11.3 Å². The lowest BCUT2D eigenvalue weighted by Crippen LogP contribution is -2.26. The van der Waals surface area contributed by atoms with Crippen molar-refractivity contribution in [1.29, 1.82) is 0 Å². The number of hydrogen-bond donors (Lipinski definition) is 1. The van der Waals surface area contributed by atoms with E-state index in [1.165, 1.54) is 0 Å². The maximum absolute atomic E-state index is 6.10. The summed E-state index contributed by atoms with van der Waals surface area (Å²) in [5.74, 6) is 0. The van der Waals surface area contributed by atoms with Gasteiger partial charge in [0.2, 0.25) is 0 Å². The number of nitrogens with two attached hydrogens (primary N) is 1. The first kappa shape index (κ1) is 12.2. The summed E-state index contributed by atoms with van der Waals surface area (Å²) in [4.78, 5) is 8.40. The predicted octanol–water partition coefficient (Wildman–Crippen LogP) is 2.35. The van der Waals surface area contributed by atoms with E-state index in [1.54, 1.807) is 12.4 Å². The quantitative estimate of drug-likeness (QED) is 0.941. The van der Waals surface area contributed by atoms with Crippen molar-refractivity contribution in [3.05, 3.63) is 58.6 Å². The number of aromatic nitrogens is 2. The molecule has 0 radical (unpaired) electrons. The molecule has 0 aliphatic heterocycles. The van der Waals surface area contributed by atoms with Gasteiger partial charge >= 0.3 is 0 Å². The van der Waals surface area contributed by atoms with Crippen LogP contribution >= 0.6 is 15.9 Å². The Bertz CT molecular complexity index is 473. The highest BCUT2D eigenvalue weighted by atomic mass is 79.9. The van der Waals surface area contributed by atoms with Crippen LogP contribution < -0.4 is 5.73 Å². The summed E-state index contributed by atoms with van der Waals surface area (Å²) >= 11 is 3.40. The fourth-order valence-electron chi connectivity index (χ4n) is 1.73. The van der Waals surface area contributed by atoms with Crippen LogP contribution in [0.15, 0.2) is 47.3 Å². The van der Waals surface area contributed by atoms with E-state index in [0.717, 1.165) is 28.6 Å². The van der Waals surface area contributed by atoms with Gasteiger partial charge in [-0.05, 0) is 46.1 Å². The average Bonchev–Trinajstić information content (AvgIpc) is 2.30. The molecule has 0 saturated carbocycles. The monoisotopic (exact) mass is 291 g/mol. The molecule has 0 aromatic carbocycles. The number of rotatable bonds is 4. The van der Waals surface area contributed by atoms with E-state index >= 15 is 0 Å². The molecule has 0 aliphatic rings. The summed E-state index contributed by atoms with van der Waals surface area (Å²) in [6, 6.07) is 8.01. The van der Waals surface area contributed by atoms with Gasteiger partial charge in [-0.25, -0.2) is 0 Å². The minimum atomic E-state index is 0.0704. The molecule has 0 bridgehead atoms. The van der Waals surface area contributed by atoms with E-state index in [-0.39, 0.29) is 6.04 Å². The van der Waals surface area contributed by atoms with Gasteiger partial charge in [-0.3, -0.25) is 9.97 Å². The van der Waals surface area contributed by atoms with E-state index in [2.05, 4.69) is 25.9 Å². The number of hydrogen-bond acceptors (Lipinski definition) is 3. The second-order valence-electron chi connectivity index (χ2n) is 4.00. The van der Waals surface area contributed by atoms with Crippen LogP contribution in [0.25, 0.3) is 0 Å². The lowest BCUT2D eigenvalue weighted by atomic mass is 10.0. The van der Waals surface area contributed by atoms with Crippen molar-refractivity contribution in [2.45, 2.75) is 18.9 Å². The van der Waals surface area contributed by atoms with E-state index < -0.39 is 0 Å². The largest absolute Gasteiger partial charge is 0.327 e. The molecule has 0 aliphatic carbocycles. The van der Waals surface area contributed by atoms with Crippen LogP contribution in [-0.2, 0) is 12.8 Å². The highest BCUT2D eigenvalue weighted by molar-refractivity contribution is 9.10. The minimum Gasteiger partial charge on any atom is -0.327 e. The molecule has 0 spiro atoms. The molecule has 2 rings (SSSR count). The van der Waals surface area contributed by atoms with Gasteiger partial charge in [0.1, 0.15) is 0 Å². The normalized spacial score (nSPS) is 12.4. The molecule has 2 aromatic heterocycles. The van der Waals surface area contributed by atoms with Gasteiger partial charge in [-0.1, -0.05) is 6.07 Å². The zero-order chi connectivity index (χ0) is 12.1. The fraction of sp³-hybridized carbons (Fsp3) is 0.231. The molecule has 3 nitrogen and oxygen atoms in total. The van der Waals surface area contributed by atoms with Gasteiger partial charge in [0.05, 0.1) is 0 Å². The molecule has 2 aromatic rings. The SMILES string of the molecule is NC(Cc1cncc(Br)c1)Cc1ccccn1. The molecular formula is C13H14BrN3. The molecule has 0 fully saturated rings. The summed E-state index contributed by atoms with van der Waals surface area (Å²) in [6.45, 7) is 0. The molecule has 17 heavy (non-hydrogen) atoms. The Labute approximate surface area is 109 Å². The third-order valence-electron chi connectivity index (χ3n) is 2.46. The summed E-state index contributed by atoms with van der Waals surface area (Å²) in [5.41, 5.74) is 8.28. The first-order valence-corrected chi connectivity index (χ1v) is 6.28. The van der Waals surface area contributed by atoms with Crippen LogP contribution in [0.3, 0.4) is 0 Å². The Kier molecular flexibility index (Phi) is 4.23. The highest BCUT2D eigenvalue weighted by Gasteiger charge is 2.06. The molecule has 4 heteroatoms. The van der Waals surface area contributed by atoms with Crippen LogP contribution in [0.4, 0.5) is 0 Å². The Morgan fingerprint density at radius 2 is 2.12 bits per heavy atom. The summed E-state index contributed by atoms with van der Waals surface area (Å²) in [6.07, 6.45) is 7.01. The van der Waals surface area contributed by atoms with Gasteiger partial charge in [0, 0.05) is 41.2 Å². The van der Waals surface area contributed by atoms with E-state index in [4.69, 9.17) is 5.73 Å². The zero-order valence-electron chi connectivity index (χ0n) is 9.38. The second-order valence-corrected chi connectivity index (χ2v) is 4.92. The first-order chi connectivity index (χ1) is 8.24. The van der Waals surface area contributed by atoms with Gasteiger partial charge in [0.25, 0.3) is 0 Å². The second kappa shape index (κ2) is 5.89. The van der Waals surface area contributed by atoms with Crippen LogP contribution in [-0.4, -0.2) is 16.0 Å². The molecule has 2 N–H and O–H groups in total. The lowest BCUT2D eigenvalue weighted by Gasteiger charge is -2.10. The summed E-state index contributed by atoms with van der Waals surface area (Å²) < 4.78 is 0.986. The third-order valence-corrected chi connectivity index (χ3v) is 2.89. The predicted molar refractivity (Wildman–Crippen MR) is 71.6 cm³/mol. The van der Waals surface area contributed by atoms with Gasteiger partial charge in [0.15, 0.2) is 0 Å². The molecule has 1 atom stereocenters. The van der Waals surface area contributed by atoms with E-state index in [1.807, 2.05) is 30.5 Å². The lowest BCUT2D eigenvalue weighted by molar-refractivity contribution is 0.652. The number of halogens is 1. The molecule has 1 unspecified atom stereocenters. The highest BCUT2D eigenvalue weighted by Crippen LogP contribution is 2.11. The van der Waals surface area contributed by atoms with Crippen molar-refractivity contribution in [3.63, 3.8) is 0 Å². The van der Waals surface area contributed by atoms with Crippen molar-refractivity contribution in [2.75, 3.05) is 0 Å². The average molecular weight is 292 g/mol.